The molecule has 0 bridgehead atoms. The molecule has 1 aliphatic carbocycles. The third-order valence-corrected chi connectivity index (χ3v) is 6.40. The van der Waals surface area contributed by atoms with Gasteiger partial charge in [0, 0.05) is 35.9 Å². The van der Waals surface area contributed by atoms with Crippen LogP contribution in [0.15, 0.2) is 24.5 Å². The maximum absolute atomic E-state index is 10.4. The number of anilines is 1. The number of aryl methyl sites for hydroxylation is 2. The zero-order chi connectivity index (χ0) is 17.0. The van der Waals surface area contributed by atoms with Crippen molar-refractivity contribution in [1.29, 1.82) is 0 Å². The summed E-state index contributed by atoms with van der Waals surface area (Å²) in [6, 6.07) is 3.91. The van der Waals surface area contributed by atoms with E-state index in [1.807, 2.05) is 36.6 Å². The van der Waals surface area contributed by atoms with Crippen LogP contribution in [0.1, 0.15) is 30.2 Å². The summed E-state index contributed by atoms with van der Waals surface area (Å²) < 4.78 is 0. The summed E-state index contributed by atoms with van der Waals surface area (Å²) in [4.78, 5) is 18.8. The Bertz CT molecular complexity index is 951. The van der Waals surface area contributed by atoms with E-state index in [1.165, 1.54) is 22.2 Å². The van der Waals surface area contributed by atoms with Crippen molar-refractivity contribution in [2.24, 2.45) is 0 Å². The van der Waals surface area contributed by atoms with Gasteiger partial charge in [0.1, 0.15) is 10.6 Å². The molecule has 1 aliphatic heterocycles. The van der Waals surface area contributed by atoms with Crippen molar-refractivity contribution >= 4 is 27.4 Å². The molecule has 0 aromatic carbocycles. The number of aliphatic hydroxyl groups is 1. The summed E-state index contributed by atoms with van der Waals surface area (Å²) in [5, 5.41) is 11.6. The second-order valence-electron chi connectivity index (χ2n) is 7.32. The molecule has 5 nitrogen and oxygen atoms in total. The van der Waals surface area contributed by atoms with Gasteiger partial charge in [-0.2, -0.15) is 0 Å². The first-order valence-corrected chi connectivity index (χ1v) is 9.62. The average molecular weight is 352 g/mol. The van der Waals surface area contributed by atoms with Crippen LogP contribution in [0, 0.1) is 0 Å². The zero-order valence-corrected chi connectivity index (χ0v) is 15.0. The Morgan fingerprint density at radius 3 is 2.96 bits per heavy atom. The molecular weight excluding hydrogens is 332 g/mol. The summed E-state index contributed by atoms with van der Waals surface area (Å²) in [7, 11) is 0. The van der Waals surface area contributed by atoms with Crippen LogP contribution in [0.3, 0.4) is 0 Å². The highest BCUT2D eigenvalue weighted by molar-refractivity contribution is 7.19. The van der Waals surface area contributed by atoms with E-state index >= 15 is 0 Å². The van der Waals surface area contributed by atoms with Crippen molar-refractivity contribution < 1.29 is 5.11 Å². The van der Waals surface area contributed by atoms with Gasteiger partial charge >= 0.3 is 0 Å². The molecule has 0 saturated carbocycles. The lowest BCUT2D eigenvalue weighted by atomic mass is 10.1. The highest BCUT2D eigenvalue weighted by Crippen LogP contribution is 2.42. The first-order valence-electron chi connectivity index (χ1n) is 8.81. The number of aromatic nitrogens is 3. The minimum atomic E-state index is -0.648. The maximum atomic E-state index is 10.4. The Kier molecular flexibility index (Phi) is 3.33. The van der Waals surface area contributed by atoms with Crippen molar-refractivity contribution in [3.63, 3.8) is 0 Å². The summed E-state index contributed by atoms with van der Waals surface area (Å²) in [6.45, 7) is 3.36. The van der Waals surface area contributed by atoms with Crippen molar-refractivity contribution in [3.05, 3.63) is 35.0 Å². The molecule has 3 aromatic heterocycles. The second-order valence-corrected chi connectivity index (χ2v) is 8.40. The fourth-order valence-corrected chi connectivity index (χ4v) is 5.21. The van der Waals surface area contributed by atoms with Gasteiger partial charge in [-0.3, -0.25) is 4.98 Å². The monoisotopic (exact) mass is 352 g/mol. The fourth-order valence-electron chi connectivity index (χ4n) is 3.96. The SMILES string of the molecule is CC1(O)CCN(c2nc(-c3cccnc3)nc3sc4c(c23)CCC4)C1. The number of rotatable bonds is 2. The summed E-state index contributed by atoms with van der Waals surface area (Å²) in [6.07, 6.45) is 7.83. The van der Waals surface area contributed by atoms with Gasteiger partial charge in [0.05, 0.1) is 11.0 Å². The minimum Gasteiger partial charge on any atom is -0.388 e. The van der Waals surface area contributed by atoms with E-state index in [1.54, 1.807) is 6.20 Å². The molecule has 128 valence electrons. The van der Waals surface area contributed by atoms with Crippen LogP contribution >= 0.6 is 11.3 Å². The van der Waals surface area contributed by atoms with E-state index in [9.17, 15) is 5.11 Å². The van der Waals surface area contributed by atoms with Crippen molar-refractivity contribution in [1.82, 2.24) is 15.0 Å². The molecule has 5 rings (SSSR count). The molecule has 2 aliphatic rings. The second kappa shape index (κ2) is 5.47. The quantitative estimate of drug-likeness (QED) is 0.767. The Morgan fingerprint density at radius 1 is 1.28 bits per heavy atom. The highest BCUT2D eigenvalue weighted by atomic mass is 32.1. The standard InChI is InChI=1S/C19H20N4OS/c1-19(24)7-9-23(11-19)17-15-13-5-2-6-14(13)25-18(15)22-16(21-17)12-4-3-8-20-10-12/h3-4,8,10,24H,2,5-7,9,11H2,1H3. The van der Waals surface area contributed by atoms with Crippen LogP contribution in [0.2, 0.25) is 0 Å². The number of fused-ring (bicyclic) bond motifs is 3. The Labute approximate surface area is 150 Å². The zero-order valence-electron chi connectivity index (χ0n) is 14.2. The van der Waals surface area contributed by atoms with E-state index in [-0.39, 0.29) is 0 Å². The molecule has 1 unspecified atom stereocenters. The minimum absolute atomic E-state index is 0.621. The first-order chi connectivity index (χ1) is 12.1. The van der Waals surface area contributed by atoms with Gasteiger partial charge < -0.3 is 10.0 Å². The normalized spacial score (nSPS) is 22.7. The van der Waals surface area contributed by atoms with E-state index in [0.29, 0.717) is 6.54 Å². The molecule has 1 saturated heterocycles. The number of hydrogen-bond donors (Lipinski definition) is 1. The third-order valence-electron chi connectivity index (χ3n) is 5.22. The van der Waals surface area contributed by atoms with Crippen LogP contribution in [0.5, 0.6) is 0 Å². The molecule has 0 amide bonds. The molecule has 0 spiro atoms. The van der Waals surface area contributed by atoms with Crippen molar-refractivity contribution in [2.45, 2.75) is 38.2 Å². The van der Waals surface area contributed by atoms with Gasteiger partial charge in [0.2, 0.25) is 0 Å². The Morgan fingerprint density at radius 2 is 2.20 bits per heavy atom. The molecule has 4 heterocycles. The highest BCUT2D eigenvalue weighted by Gasteiger charge is 2.34. The van der Waals surface area contributed by atoms with E-state index < -0.39 is 5.60 Å². The Balaban J connectivity index is 1.72. The molecule has 0 radical (unpaired) electrons. The third kappa shape index (κ3) is 2.51. The number of thiophene rings is 1. The van der Waals surface area contributed by atoms with E-state index in [0.717, 1.165) is 47.8 Å². The van der Waals surface area contributed by atoms with Gasteiger partial charge in [-0.1, -0.05) is 0 Å². The van der Waals surface area contributed by atoms with Crippen molar-refractivity contribution in [3.8, 4) is 11.4 Å². The number of hydrogen-bond acceptors (Lipinski definition) is 6. The Hall–Kier alpha value is -2.05. The van der Waals surface area contributed by atoms with Crippen LogP contribution in [-0.4, -0.2) is 38.7 Å². The van der Waals surface area contributed by atoms with Gasteiger partial charge in [-0.25, -0.2) is 9.97 Å². The van der Waals surface area contributed by atoms with Crippen LogP contribution in [-0.2, 0) is 12.8 Å². The van der Waals surface area contributed by atoms with E-state index in [2.05, 4.69) is 9.88 Å². The summed E-state index contributed by atoms with van der Waals surface area (Å²) in [5.74, 6) is 1.71. The lowest BCUT2D eigenvalue weighted by Gasteiger charge is -2.21. The number of pyridine rings is 1. The van der Waals surface area contributed by atoms with Crippen LogP contribution < -0.4 is 4.90 Å². The van der Waals surface area contributed by atoms with Gasteiger partial charge in [-0.15, -0.1) is 11.3 Å². The number of nitrogens with zero attached hydrogens (tertiary/aromatic N) is 4. The molecule has 1 atom stereocenters. The lowest BCUT2D eigenvalue weighted by molar-refractivity contribution is 0.0839. The topological polar surface area (TPSA) is 62.1 Å². The maximum Gasteiger partial charge on any atom is 0.164 e. The first kappa shape index (κ1) is 15.2. The molecule has 1 fully saturated rings. The predicted molar refractivity (Wildman–Crippen MR) is 100 cm³/mol. The van der Waals surface area contributed by atoms with Crippen molar-refractivity contribution in [2.75, 3.05) is 18.0 Å². The predicted octanol–water partition coefficient (Wildman–Crippen LogP) is 3.20. The van der Waals surface area contributed by atoms with Gasteiger partial charge in [0.15, 0.2) is 5.82 Å². The molecule has 1 N–H and O–H groups in total. The van der Waals surface area contributed by atoms with Crippen LogP contribution in [0.25, 0.3) is 21.6 Å². The smallest absolute Gasteiger partial charge is 0.164 e. The molecule has 6 heteroatoms. The molecule has 3 aromatic rings. The van der Waals surface area contributed by atoms with E-state index in [4.69, 9.17) is 9.97 Å². The largest absolute Gasteiger partial charge is 0.388 e. The van der Waals surface area contributed by atoms with Gasteiger partial charge in [0.25, 0.3) is 0 Å². The molecular formula is C19H20N4OS. The lowest BCUT2D eigenvalue weighted by Crippen LogP contribution is -2.30. The van der Waals surface area contributed by atoms with Gasteiger partial charge in [-0.05, 0) is 50.3 Å². The van der Waals surface area contributed by atoms with Crippen LogP contribution in [0.4, 0.5) is 5.82 Å². The summed E-state index contributed by atoms with van der Waals surface area (Å²) >= 11 is 1.81. The fraction of sp³-hybridized carbons (Fsp3) is 0.421. The average Bonchev–Trinajstić information content (AvgIpc) is 3.28. The number of β-amino-alcohol motifs (C(OH)–C–C–N with tert-alkyl or cyclic N) is 1. The summed E-state index contributed by atoms with van der Waals surface area (Å²) in [5.41, 5.74) is 1.72. The molecule has 25 heavy (non-hydrogen) atoms.